The SMILES string of the molecule is O=C1C(=O)N(CCCN2CCOCC2)C(c2cccc(Br)c2)C1=C(O)c1ccc2c(c1)OCCO2. The third kappa shape index (κ3) is 4.94. The van der Waals surface area contributed by atoms with Crippen molar-refractivity contribution in [3.8, 4) is 11.5 Å². The van der Waals surface area contributed by atoms with E-state index in [1.165, 1.54) is 0 Å². The van der Waals surface area contributed by atoms with E-state index in [1.807, 2.05) is 24.3 Å². The molecule has 184 valence electrons. The number of aliphatic hydroxyl groups is 1. The van der Waals surface area contributed by atoms with Crippen molar-refractivity contribution in [2.45, 2.75) is 12.5 Å². The van der Waals surface area contributed by atoms with Crippen LogP contribution in [0.15, 0.2) is 52.5 Å². The van der Waals surface area contributed by atoms with E-state index in [-0.39, 0.29) is 11.3 Å². The summed E-state index contributed by atoms with van der Waals surface area (Å²) in [5.41, 5.74) is 1.24. The number of Topliss-reactive ketones (excluding diaryl/α,β-unsaturated/α-hetero) is 1. The van der Waals surface area contributed by atoms with E-state index in [0.717, 1.165) is 29.7 Å². The molecule has 2 aromatic rings. The number of hydrogen-bond acceptors (Lipinski definition) is 7. The van der Waals surface area contributed by atoms with Crippen LogP contribution in [0.3, 0.4) is 0 Å². The Morgan fingerprint density at radius 1 is 0.971 bits per heavy atom. The van der Waals surface area contributed by atoms with Gasteiger partial charge in [0.2, 0.25) is 0 Å². The zero-order chi connectivity index (χ0) is 24.4. The third-order valence-corrected chi connectivity index (χ3v) is 6.99. The molecule has 1 N–H and O–H groups in total. The maximum absolute atomic E-state index is 13.2. The van der Waals surface area contributed by atoms with E-state index in [2.05, 4.69) is 20.8 Å². The monoisotopic (exact) mass is 542 g/mol. The van der Waals surface area contributed by atoms with Gasteiger partial charge in [-0.2, -0.15) is 0 Å². The van der Waals surface area contributed by atoms with Gasteiger partial charge in [0.25, 0.3) is 11.7 Å². The summed E-state index contributed by atoms with van der Waals surface area (Å²) >= 11 is 3.49. The molecule has 1 atom stereocenters. The fourth-order valence-corrected chi connectivity index (χ4v) is 5.19. The van der Waals surface area contributed by atoms with Crippen LogP contribution in [0, 0.1) is 0 Å². The predicted molar refractivity (Wildman–Crippen MR) is 132 cm³/mol. The van der Waals surface area contributed by atoms with E-state index in [1.54, 1.807) is 23.1 Å². The van der Waals surface area contributed by atoms with Crippen molar-refractivity contribution >= 4 is 33.4 Å². The van der Waals surface area contributed by atoms with Crippen molar-refractivity contribution in [2.24, 2.45) is 0 Å². The van der Waals surface area contributed by atoms with Crippen LogP contribution >= 0.6 is 15.9 Å². The highest BCUT2D eigenvalue weighted by molar-refractivity contribution is 9.10. The van der Waals surface area contributed by atoms with Crippen molar-refractivity contribution in [2.75, 3.05) is 52.6 Å². The van der Waals surface area contributed by atoms with Crippen molar-refractivity contribution in [3.63, 3.8) is 0 Å². The molecular formula is C26H27BrN2O6. The summed E-state index contributed by atoms with van der Waals surface area (Å²) in [5, 5.41) is 11.3. The van der Waals surface area contributed by atoms with Crippen LogP contribution in [0.25, 0.3) is 5.76 Å². The highest BCUT2D eigenvalue weighted by Gasteiger charge is 2.46. The second-order valence-electron chi connectivity index (χ2n) is 8.71. The number of nitrogens with zero attached hydrogens (tertiary/aromatic N) is 2. The minimum Gasteiger partial charge on any atom is -0.507 e. The molecule has 1 amide bonds. The summed E-state index contributed by atoms with van der Waals surface area (Å²) in [6.07, 6.45) is 0.710. The second-order valence-corrected chi connectivity index (χ2v) is 9.63. The minimum atomic E-state index is -0.689. The molecule has 35 heavy (non-hydrogen) atoms. The maximum Gasteiger partial charge on any atom is 0.295 e. The van der Waals surface area contributed by atoms with Crippen LogP contribution in [0.1, 0.15) is 23.6 Å². The molecule has 1 unspecified atom stereocenters. The van der Waals surface area contributed by atoms with Crippen molar-refractivity contribution in [3.05, 3.63) is 63.6 Å². The molecule has 0 saturated carbocycles. The number of carbonyl (C=O) groups excluding carboxylic acids is 2. The first-order chi connectivity index (χ1) is 17.0. The number of amides is 1. The Hall–Kier alpha value is -2.88. The van der Waals surface area contributed by atoms with Crippen molar-refractivity contribution in [1.29, 1.82) is 0 Å². The number of benzene rings is 2. The Kier molecular flexibility index (Phi) is 7.08. The average molecular weight is 543 g/mol. The number of ether oxygens (including phenoxy) is 3. The molecule has 3 heterocycles. The zero-order valence-corrected chi connectivity index (χ0v) is 20.8. The molecule has 9 heteroatoms. The van der Waals surface area contributed by atoms with Crippen LogP contribution < -0.4 is 9.47 Å². The smallest absolute Gasteiger partial charge is 0.295 e. The van der Waals surface area contributed by atoms with E-state index in [0.29, 0.717) is 56.5 Å². The summed E-state index contributed by atoms with van der Waals surface area (Å²) < 4.78 is 17.4. The molecule has 2 fully saturated rings. The van der Waals surface area contributed by atoms with Crippen LogP contribution in [0.4, 0.5) is 0 Å². The molecule has 8 nitrogen and oxygen atoms in total. The van der Waals surface area contributed by atoms with Gasteiger partial charge in [-0.15, -0.1) is 0 Å². The van der Waals surface area contributed by atoms with Gasteiger partial charge < -0.3 is 24.2 Å². The van der Waals surface area contributed by atoms with Crippen LogP contribution in [-0.2, 0) is 14.3 Å². The number of halogens is 1. The molecule has 0 aliphatic carbocycles. The fourth-order valence-electron chi connectivity index (χ4n) is 4.77. The highest BCUT2D eigenvalue weighted by atomic mass is 79.9. The number of ketones is 1. The van der Waals surface area contributed by atoms with Crippen LogP contribution in [-0.4, -0.2) is 79.2 Å². The van der Waals surface area contributed by atoms with E-state index < -0.39 is 17.7 Å². The molecule has 0 aromatic heterocycles. The number of likely N-dealkylation sites (tertiary alicyclic amines) is 1. The highest BCUT2D eigenvalue weighted by Crippen LogP contribution is 2.41. The van der Waals surface area contributed by atoms with Gasteiger partial charge >= 0.3 is 0 Å². The molecule has 2 saturated heterocycles. The molecule has 5 rings (SSSR count). The largest absolute Gasteiger partial charge is 0.507 e. The first-order valence-electron chi connectivity index (χ1n) is 11.8. The fraction of sp³-hybridized carbons (Fsp3) is 0.385. The van der Waals surface area contributed by atoms with E-state index in [9.17, 15) is 14.7 Å². The molecule has 2 aromatic carbocycles. The molecule has 3 aliphatic rings. The summed E-state index contributed by atoms with van der Waals surface area (Å²) in [6.45, 7) is 5.20. The number of hydrogen-bond donors (Lipinski definition) is 1. The average Bonchev–Trinajstić information content (AvgIpc) is 3.13. The topological polar surface area (TPSA) is 88.5 Å². The standard InChI is InChI=1S/C26H27BrN2O6/c27-19-4-1-3-17(15-19)23-22(24(30)18-5-6-20-21(16-18)35-14-13-34-20)25(31)26(32)29(23)8-2-7-28-9-11-33-12-10-28/h1,3-6,15-16,23,30H,2,7-14H2. The van der Waals surface area contributed by atoms with Crippen LogP contribution in [0.5, 0.6) is 11.5 Å². The number of rotatable bonds is 6. The minimum absolute atomic E-state index is 0.0798. The molecule has 0 radical (unpaired) electrons. The van der Waals surface area contributed by atoms with E-state index in [4.69, 9.17) is 14.2 Å². The zero-order valence-electron chi connectivity index (χ0n) is 19.2. The second kappa shape index (κ2) is 10.4. The summed E-state index contributed by atoms with van der Waals surface area (Å²) in [4.78, 5) is 30.3. The molecule has 0 bridgehead atoms. The lowest BCUT2D eigenvalue weighted by Gasteiger charge is -2.29. The number of carbonyl (C=O) groups is 2. The van der Waals surface area contributed by atoms with Gasteiger partial charge in [-0.3, -0.25) is 14.5 Å². The van der Waals surface area contributed by atoms with Gasteiger partial charge in [-0.25, -0.2) is 0 Å². The lowest BCUT2D eigenvalue weighted by molar-refractivity contribution is -0.140. The Morgan fingerprint density at radius 2 is 1.74 bits per heavy atom. The van der Waals surface area contributed by atoms with Gasteiger partial charge in [0.1, 0.15) is 19.0 Å². The summed E-state index contributed by atoms with van der Waals surface area (Å²) in [7, 11) is 0. The summed E-state index contributed by atoms with van der Waals surface area (Å²) in [6, 6.07) is 11.8. The third-order valence-electron chi connectivity index (χ3n) is 6.50. The van der Waals surface area contributed by atoms with Gasteiger partial charge in [0.05, 0.1) is 24.8 Å². The lowest BCUT2D eigenvalue weighted by atomic mass is 9.95. The number of morpholine rings is 1. The Bertz CT molecular complexity index is 1160. The number of aliphatic hydroxyl groups excluding tert-OH is 1. The molecular weight excluding hydrogens is 516 g/mol. The Balaban J connectivity index is 1.48. The Morgan fingerprint density at radius 3 is 2.51 bits per heavy atom. The van der Waals surface area contributed by atoms with Gasteiger partial charge in [0, 0.05) is 36.2 Å². The quantitative estimate of drug-likeness (QED) is 0.340. The van der Waals surface area contributed by atoms with Crippen molar-refractivity contribution < 1.29 is 28.9 Å². The Labute approximate surface area is 212 Å². The first kappa shape index (κ1) is 23.8. The maximum atomic E-state index is 13.2. The van der Waals surface area contributed by atoms with Gasteiger partial charge in [0.15, 0.2) is 11.5 Å². The van der Waals surface area contributed by atoms with Gasteiger partial charge in [-0.05, 0) is 42.3 Å². The molecule has 3 aliphatic heterocycles. The van der Waals surface area contributed by atoms with Crippen LogP contribution in [0.2, 0.25) is 0 Å². The number of fused-ring (bicyclic) bond motifs is 1. The van der Waals surface area contributed by atoms with Gasteiger partial charge in [-0.1, -0.05) is 28.1 Å². The predicted octanol–water partition coefficient (Wildman–Crippen LogP) is 3.36. The molecule has 0 spiro atoms. The summed E-state index contributed by atoms with van der Waals surface area (Å²) in [5.74, 6) is -0.426. The van der Waals surface area contributed by atoms with E-state index >= 15 is 0 Å². The first-order valence-corrected chi connectivity index (χ1v) is 12.6. The van der Waals surface area contributed by atoms with Crippen molar-refractivity contribution in [1.82, 2.24) is 9.80 Å². The lowest BCUT2D eigenvalue weighted by Crippen LogP contribution is -2.38. The normalized spacial score (nSPS) is 22.0.